The second kappa shape index (κ2) is 6.52. The molecular weight excluding hydrogens is 296 g/mol. The number of carbonyl (C=O) groups excluding carboxylic acids is 1. The van der Waals surface area contributed by atoms with Gasteiger partial charge in [-0.3, -0.25) is 0 Å². The summed E-state index contributed by atoms with van der Waals surface area (Å²) in [5.41, 5.74) is 1.01. The van der Waals surface area contributed by atoms with Crippen LogP contribution in [0, 0.1) is 0 Å². The molecule has 0 unspecified atom stereocenters. The molecule has 0 amide bonds. The molecule has 23 heavy (non-hydrogen) atoms. The summed E-state index contributed by atoms with van der Waals surface area (Å²) in [6.07, 6.45) is 3.17. The molecule has 2 aromatic rings. The van der Waals surface area contributed by atoms with Crippen LogP contribution in [-0.4, -0.2) is 48.1 Å². The first-order valence-electron chi connectivity index (χ1n) is 7.52. The predicted molar refractivity (Wildman–Crippen MR) is 83.3 cm³/mol. The molecular formula is C17H20N2O4. The molecule has 0 aliphatic carbocycles. The van der Waals surface area contributed by atoms with Crippen molar-refractivity contribution in [3.05, 3.63) is 54.1 Å². The smallest absolute Gasteiger partial charge is 0.356 e. The van der Waals surface area contributed by atoms with Crippen molar-refractivity contribution in [1.82, 2.24) is 9.55 Å². The van der Waals surface area contributed by atoms with Crippen molar-refractivity contribution in [2.75, 3.05) is 26.9 Å². The van der Waals surface area contributed by atoms with Gasteiger partial charge in [0.15, 0.2) is 0 Å². The lowest BCUT2D eigenvalue weighted by atomic mass is 10.0. The van der Waals surface area contributed by atoms with Crippen molar-refractivity contribution in [1.29, 1.82) is 0 Å². The number of hydrogen-bond donors (Lipinski definition) is 0. The molecule has 122 valence electrons. The van der Waals surface area contributed by atoms with E-state index in [2.05, 4.69) is 4.98 Å². The van der Waals surface area contributed by atoms with E-state index >= 15 is 0 Å². The molecule has 3 rings (SSSR count). The van der Waals surface area contributed by atoms with Gasteiger partial charge in [-0.15, -0.1) is 0 Å². The Bertz CT molecular complexity index is 659. The van der Waals surface area contributed by atoms with Crippen molar-refractivity contribution in [3.8, 4) is 0 Å². The molecule has 1 aliphatic heterocycles. The summed E-state index contributed by atoms with van der Waals surface area (Å²) in [5, 5.41) is 0. The highest BCUT2D eigenvalue weighted by atomic mass is 16.6. The van der Waals surface area contributed by atoms with Crippen LogP contribution in [-0.2, 0) is 14.2 Å². The van der Waals surface area contributed by atoms with E-state index in [4.69, 9.17) is 14.2 Å². The molecule has 1 aliphatic rings. The lowest BCUT2D eigenvalue weighted by Crippen LogP contribution is -2.55. The molecule has 1 saturated heterocycles. The van der Waals surface area contributed by atoms with Crippen molar-refractivity contribution >= 4 is 5.97 Å². The molecule has 0 saturated carbocycles. The summed E-state index contributed by atoms with van der Waals surface area (Å²) in [7, 11) is 1.60. The topological polar surface area (TPSA) is 62.6 Å². The SMILES string of the molecule is COC1(COC(=O)c2cncn2[C@H](C)c2ccccc2)COC1. The van der Waals surface area contributed by atoms with Gasteiger partial charge in [-0.1, -0.05) is 30.3 Å². The van der Waals surface area contributed by atoms with Crippen LogP contribution in [0.3, 0.4) is 0 Å². The summed E-state index contributed by atoms with van der Waals surface area (Å²) in [4.78, 5) is 16.5. The van der Waals surface area contributed by atoms with Crippen molar-refractivity contribution in [3.63, 3.8) is 0 Å². The Labute approximate surface area is 135 Å². The van der Waals surface area contributed by atoms with Gasteiger partial charge >= 0.3 is 5.97 Å². The maximum atomic E-state index is 12.4. The van der Waals surface area contributed by atoms with Crippen molar-refractivity contribution < 1.29 is 19.0 Å². The normalized spacial score (nSPS) is 17.3. The zero-order valence-electron chi connectivity index (χ0n) is 13.3. The Morgan fingerprint density at radius 3 is 2.74 bits per heavy atom. The standard InChI is InChI=1S/C17H20N2O4/c1-13(14-6-4-3-5-7-14)19-12-18-8-15(19)16(20)23-11-17(21-2)9-22-10-17/h3-8,12-13H,9-11H2,1-2H3/t13-/m1/s1. The van der Waals surface area contributed by atoms with Crippen LogP contribution in [0.4, 0.5) is 0 Å². The Hall–Kier alpha value is -2.18. The van der Waals surface area contributed by atoms with E-state index in [0.29, 0.717) is 18.9 Å². The van der Waals surface area contributed by atoms with Gasteiger partial charge in [0.1, 0.15) is 17.9 Å². The lowest BCUT2D eigenvalue weighted by molar-refractivity contribution is -0.212. The molecule has 0 N–H and O–H groups in total. The van der Waals surface area contributed by atoms with E-state index in [1.165, 1.54) is 6.20 Å². The number of imidazole rings is 1. The van der Waals surface area contributed by atoms with Crippen molar-refractivity contribution in [2.24, 2.45) is 0 Å². The van der Waals surface area contributed by atoms with E-state index < -0.39 is 11.6 Å². The number of ether oxygens (including phenoxy) is 3. The van der Waals surface area contributed by atoms with E-state index in [-0.39, 0.29) is 12.6 Å². The summed E-state index contributed by atoms with van der Waals surface area (Å²) in [6, 6.07) is 9.94. The highest BCUT2D eigenvalue weighted by Gasteiger charge is 2.40. The van der Waals surface area contributed by atoms with Gasteiger partial charge < -0.3 is 18.8 Å². The molecule has 6 heteroatoms. The number of carbonyl (C=O) groups is 1. The van der Waals surface area contributed by atoms with E-state index in [0.717, 1.165) is 5.56 Å². The Morgan fingerprint density at radius 1 is 1.39 bits per heavy atom. The Kier molecular flexibility index (Phi) is 4.45. The van der Waals surface area contributed by atoms with E-state index in [9.17, 15) is 4.79 Å². The fourth-order valence-corrected chi connectivity index (χ4v) is 2.52. The molecule has 0 radical (unpaired) electrons. The molecule has 0 bridgehead atoms. The summed E-state index contributed by atoms with van der Waals surface area (Å²) in [6.45, 7) is 3.07. The quantitative estimate of drug-likeness (QED) is 0.763. The fraction of sp³-hybridized carbons (Fsp3) is 0.412. The van der Waals surface area contributed by atoms with E-state index in [1.807, 2.05) is 41.8 Å². The number of rotatable bonds is 6. The zero-order valence-corrected chi connectivity index (χ0v) is 13.3. The molecule has 0 spiro atoms. The molecule has 6 nitrogen and oxygen atoms in total. The minimum atomic E-state index is -0.508. The number of benzene rings is 1. The molecule has 1 aromatic heterocycles. The zero-order chi connectivity index (χ0) is 16.3. The van der Waals surface area contributed by atoms with Crippen LogP contribution in [0.25, 0.3) is 0 Å². The van der Waals surface area contributed by atoms with Gasteiger partial charge in [-0.2, -0.15) is 0 Å². The maximum absolute atomic E-state index is 12.4. The summed E-state index contributed by atoms with van der Waals surface area (Å²) >= 11 is 0. The number of hydrogen-bond acceptors (Lipinski definition) is 5. The van der Waals surface area contributed by atoms with Crippen LogP contribution in [0.5, 0.6) is 0 Å². The van der Waals surface area contributed by atoms with E-state index in [1.54, 1.807) is 13.4 Å². The summed E-state index contributed by atoms with van der Waals surface area (Å²) < 4.78 is 17.7. The van der Waals surface area contributed by atoms with Gasteiger partial charge in [0, 0.05) is 7.11 Å². The minimum absolute atomic E-state index is 0.00956. The first-order valence-corrected chi connectivity index (χ1v) is 7.52. The first kappa shape index (κ1) is 15.7. The largest absolute Gasteiger partial charge is 0.458 e. The van der Waals surface area contributed by atoms with Gasteiger partial charge in [0.05, 0.1) is 31.8 Å². The second-order valence-electron chi connectivity index (χ2n) is 5.73. The number of aromatic nitrogens is 2. The molecule has 1 fully saturated rings. The third-order valence-corrected chi connectivity index (χ3v) is 4.20. The van der Waals surface area contributed by atoms with Crippen molar-refractivity contribution in [2.45, 2.75) is 18.6 Å². The second-order valence-corrected chi connectivity index (χ2v) is 5.73. The lowest BCUT2D eigenvalue weighted by Gasteiger charge is -2.39. The highest BCUT2D eigenvalue weighted by Crippen LogP contribution is 2.23. The molecule has 2 heterocycles. The van der Waals surface area contributed by atoms with Gasteiger partial charge in [0.2, 0.25) is 0 Å². The highest BCUT2D eigenvalue weighted by molar-refractivity contribution is 5.87. The van der Waals surface area contributed by atoms with Crippen LogP contribution in [0.15, 0.2) is 42.9 Å². The maximum Gasteiger partial charge on any atom is 0.356 e. The first-order chi connectivity index (χ1) is 11.2. The number of nitrogens with zero attached hydrogens (tertiary/aromatic N) is 2. The van der Waals surface area contributed by atoms with Gasteiger partial charge in [0.25, 0.3) is 0 Å². The Balaban J connectivity index is 1.71. The summed E-state index contributed by atoms with van der Waals surface area (Å²) in [5.74, 6) is -0.409. The van der Waals surface area contributed by atoms with Crippen LogP contribution in [0.2, 0.25) is 0 Å². The van der Waals surface area contributed by atoms with Gasteiger partial charge in [-0.05, 0) is 12.5 Å². The molecule has 1 aromatic carbocycles. The average molecular weight is 316 g/mol. The monoisotopic (exact) mass is 316 g/mol. The predicted octanol–water partition coefficient (Wildman–Crippen LogP) is 2.06. The fourth-order valence-electron chi connectivity index (χ4n) is 2.52. The number of methoxy groups -OCH3 is 1. The third kappa shape index (κ3) is 3.13. The van der Waals surface area contributed by atoms with Crippen LogP contribution in [0.1, 0.15) is 29.0 Å². The number of esters is 1. The third-order valence-electron chi connectivity index (χ3n) is 4.20. The van der Waals surface area contributed by atoms with Gasteiger partial charge in [-0.25, -0.2) is 9.78 Å². The molecule has 1 atom stereocenters. The van der Waals surface area contributed by atoms with Crippen LogP contribution < -0.4 is 0 Å². The Morgan fingerprint density at radius 2 is 2.13 bits per heavy atom. The average Bonchev–Trinajstić information content (AvgIpc) is 3.04. The van der Waals surface area contributed by atoms with Crippen LogP contribution >= 0.6 is 0 Å². The minimum Gasteiger partial charge on any atom is -0.458 e.